The molecule has 1 aliphatic carbocycles. The Hall–Kier alpha value is -1.56. The van der Waals surface area contributed by atoms with Crippen LogP contribution in [0.15, 0.2) is 54.6 Å². The largest absolute Gasteiger partial charge is 0.0998 e. The summed E-state index contributed by atoms with van der Waals surface area (Å²) in [6, 6.07) is 8.39. The van der Waals surface area contributed by atoms with Crippen LogP contribution in [-0.4, -0.2) is 0 Å². The molecule has 0 saturated heterocycles. The molecule has 0 heteroatoms. The van der Waals surface area contributed by atoms with Crippen LogP contribution in [0.5, 0.6) is 0 Å². The molecule has 0 amide bonds. The predicted molar refractivity (Wildman–Crippen MR) is 91.8 cm³/mol. The Bertz CT molecular complexity index is 485. The van der Waals surface area contributed by atoms with E-state index in [2.05, 4.69) is 64.3 Å². The summed E-state index contributed by atoms with van der Waals surface area (Å²) in [5.41, 5.74) is 6.55. The van der Waals surface area contributed by atoms with Gasteiger partial charge < -0.3 is 0 Å². The zero-order valence-electron chi connectivity index (χ0n) is 13.5. The lowest BCUT2D eigenvalue weighted by molar-refractivity contribution is 0.540. The summed E-state index contributed by atoms with van der Waals surface area (Å²) in [5, 5.41) is 0. The number of aryl methyl sites for hydroxylation is 1. The number of allylic oxidation sites excluding steroid dienone is 4. The summed E-state index contributed by atoms with van der Waals surface area (Å²) in [6.45, 7) is 16.3. The second-order valence-corrected chi connectivity index (χ2v) is 6.01. The lowest BCUT2D eigenvalue weighted by Crippen LogP contribution is -2.04. The van der Waals surface area contributed by atoms with Crippen LogP contribution < -0.4 is 0 Å². The fourth-order valence-electron chi connectivity index (χ4n) is 2.25. The third-order valence-electron chi connectivity index (χ3n) is 3.88. The molecule has 0 nitrogen and oxygen atoms in total. The summed E-state index contributed by atoms with van der Waals surface area (Å²) >= 11 is 0. The van der Waals surface area contributed by atoms with Gasteiger partial charge in [0.05, 0.1) is 0 Å². The van der Waals surface area contributed by atoms with Crippen LogP contribution in [0.2, 0.25) is 0 Å². The number of rotatable bonds is 2. The van der Waals surface area contributed by atoms with E-state index >= 15 is 0 Å². The Morgan fingerprint density at radius 3 is 2.05 bits per heavy atom. The quantitative estimate of drug-likeness (QED) is 0.549. The first-order chi connectivity index (χ1) is 9.40. The average Bonchev–Trinajstić information content (AvgIpc) is 2.40. The van der Waals surface area contributed by atoms with E-state index in [1.165, 1.54) is 36.0 Å². The molecule has 1 aromatic rings. The molecule has 1 unspecified atom stereocenters. The lowest BCUT2D eigenvalue weighted by atomic mass is 9.86. The topological polar surface area (TPSA) is 0 Å². The van der Waals surface area contributed by atoms with Crippen molar-refractivity contribution in [3.63, 3.8) is 0 Å². The molecule has 0 N–H and O–H groups in total. The Morgan fingerprint density at radius 1 is 1.05 bits per heavy atom. The highest BCUT2D eigenvalue weighted by molar-refractivity contribution is 5.61. The van der Waals surface area contributed by atoms with Crippen molar-refractivity contribution in [2.75, 3.05) is 0 Å². The van der Waals surface area contributed by atoms with E-state index in [4.69, 9.17) is 0 Å². The maximum absolute atomic E-state index is 3.97. The maximum Gasteiger partial charge on any atom is -0.0171 e. The average molecular weight is 268 g/mol. The van der Waals surface area contributed by atoms with Crippen molar-refractivity contribution in [2.45, 2.75) is 47.0 Å². The summed E-state index contributed by atoms with van der Waals surface area (Å²) < 4.78 is 0. The number of benzene rings is 1. The van der Waals surface area contributed by atoms with E-state index in [-0.39, 0.29) is 0 Å². The van der Waals surface area contributed by atoms with Crippen LogP contribution in [0.4, 0.5) is 0 Å². The molecule has 0 bridgehead atoms. The van der Waals surface area contributed by atoms with E-state index in [1.54, 1.807) is 5.57 Å². The summed E-state index contributed by atoms with van der Waals surface area (Å²) in [7, 11) is 0. The molecule has 0 heterocycles. The molecule has 108 valence electrons. The molecule has 0 radical (unpaired) electrons. The van der Waals surface area contributed by atoms with Crippen molar-refractivity contribution >= 4 is 5.57 Å². The van der Waals surface area contributed by atoms with Gasteiger partial charge in [-0.3, -0.25) is 0 Å². The molecule has 2 rings (SSSR count). The van der Waals surface area contributed by atoms with Crippen molar-refractivity contribution in [3.05, 3.63) is 65.8 Å². The van der Waals surface area contributed by atoms with Gasteiger partial charge >= 0.3 is 0 Å². The number of hydrogen-bond acceptors (Lipinski definition) is 0. The van der Waals surface area contributed by atoms with Crippen LogP contribution >= 0.6 is 0 Å². The van der Waals surface area contributed by atoms with Gasteiger partial charge in [0.25, 0.3) is 0 Å². The highest BCUT2D eigenvalue weighted by Gasteiger charge is 2.11. The first-order valence-electron chi connectivity index (χ1n) is 7.43. The van der Waals surface area contributed by atoms with E-state index in [0.717, 1.165) is 11.5 Å². The second kappa shape index (κ2) is 7.89. The Morgan fingerprint density at radius 2 is 1.65 bits per heavy atom. The zero-order chi connectivity index (χ0) is 15.1. The monoisotopic (exact) mass is 268 g/mol. The fourth-order valence-corrected chi connectivity index (χ4v) is 2.25. The van der Waals surface area contributed by atoms with Gasteiger partial charge in [-0.1, -0.05) is 65.8 Å². The van der Waals surface area contributed by atoms with Gasteiger partial charge in [0.15, 0.2) is 0 Å². The normalized spacial score (nSPS) is 17.6. The predicted octanol–water partition coefficient (Wildman–Crippen LogP) is 6.34. The van der Waals surface area contributed by atoms with Gasteiger partial charge in [-0.25, -0.2) is 0 Å². The van der Waals surface area contributed by atoms with Gasteiger partial charge in [-0.05, 0) is 58.4 Å². The van der Waals surface area contributed by atoms with Crippen molar-refractivity contribution in [2.24, 2.45) is 5.92 Å². The van der Waals surface area contributed by atoms with Crippen LogP contribution in [0, 0.1) is 12.8 Å². The van der Waals surface area contributed by atoms with Crippen LogP contribution in [0.25, 0.3) is 5.57 Å². The minimum Gasteiger partial charge on any atom is -0.0998 e. The molecule has 0 aromatic heterocycles. The molecule has 1 aromatic carbocycles. The smallest absolute Gasteiger partial charge is 0.0171 e. The SMILES string of the molecule is C=C(C)C1CC=C(C)CC1.C=C(C)c1ccc(C)cc1. The van der Waals surface area contributed by atoms with Crippen LogP contribution in [0.1, 0.15) is 51.2 Å². The standard InChI is InChI=1S/C10H16.C10H12/c2*1-8(2)10-6-4-9(3)5-7-10/h4,10H,1,5-7H2,2-3H3;4-7H,1H2,2-3H3. The van der Waals surface area contributed by atoms with Gasteiger partial charge in [-0.15, -0.1) is 0 Å². The molecule has 0 fully saturated rings. The van der Waals surface area contributed by atoms with Crippen molar-refractivity contribution < 1.29 is 0 Å². The highest BCUT2D eigenvalue weighted by atomic mass is 14.2. The first-order valence-corrected chi connectivity index (χ1v) is 7.43. The molecule has 0 aliphatic heterocycles. The Balaban J connectivity index is 0.000000200. The summed E-state index contributed by atoms with van der Waals surface area (Å²) in [6.07, 6.45) is 6.17. The van der Waals surface area contributed by atoms with Gasteiger partial charge in [0.2, 0.25) is 0 Å². The third-order valence-corrected chi connectivity index (χ3v) is 3.88. The Labute approximate surface area is 124 Å². The van der Waals surface area contributed by atoms with Gasteiger partial charge in [-0.2, -0.15) is 0 Å². The lowest BCUT2D eigenvalue weighted by Gasteiger charge is -2.19. The first kappa shape index (κ1) is 16.5. The summed E-state index contributed by atoms with van der Waals surface area (Å²) in [4.78, 5) is 0. The van der Waals surface area contributed by atoms with E-state index in [9.17, 15) is 0 Å². The third kappa shape index (κ3) is 5.61. The minimum atomic E-state index is 0.767. The fraction of sp³-hybridized carbons (Fsp3) is 0.400. The zero-order valence-corrected chi connectivity index (χ0v) is 13.5. The molecule has 1 atom stereocenters. The van der Waals surface area contributed by atoms with Gasteiger partial charge in [0, 0.05) is 0 Å². The van der Waals surface area contributed by atoms with E-state index in [1.807, 2.05) is 6.92 Å². The molecular weight excluding hydrogens is 240 g/mol. The van der Waals surface area contributed by atoms with E-state index < -0.39 is 0 Å². The van der Waals surface area contributed by atoms with Crippen LogP contribution in [-0.2, 0) is 0 Å². The molecule has 0 spiro atoms. The minimum absolute atomic E-state index is 0.767. The second-order valence-electron chi connectivity index (χ2n) is 6.01. The van der Waals surface area contributed by atoms with Crippen LogP contribution in [0.3, 0.4) is 0 Å². The van der Waals surface area contributed by atoms with Gasteiger partial charge in [0.1, 0.15) is 0 Å². The molecular formula is C20H28. The van der Waals surface area contributed by atoms with Crippen molar-refractivity contribution in [1.29, 1.82) is 0 Å². The van der Waals surface area contributed by atoms with Crippen molar-refractivity contribution in [1.82, 2.24) is 0 Å². The molecule has 20 heavy (non-hydrogen) atoms. The highest BCUT2D eigenvalue weighted by Crippen LogP contribution is 2.27. The van der Waals surface area contributed by atoms with E-state index in [0.29, 0.717) is 0 Å². The summed E-state index contributed by atoms with van der Waals surface area (Å²) in [5.74, 6) is 0.767. The van der Waals surface area contributed by atoms with Crippen molar-refractivity contribution in [3.8, 4) is 0 Å². The molecule has 0 saturated carbocycles. The number of hydrogen-bond donors (Lipinski definition) is 0. The molecule has 1 aliphatic rings. The Kier molecular flexibility index (Phi) is 6.51. The maximum atomic E-state index is 3.97.